The SMILES string of the molecule is O=C(COC(=O)[C@@H]1CC=CCC1)NCCc1ccc(OC(F)F)cc1. The second kappa shape index (κ2) is 9.76. The number of allylic oxidation sites excluding steroid dienone is 2. The van der Waals surface area contributed by atoms with Crippen molar-refractivity contribution in [3.05, 3.63) is 42.0 Å². The molecular weight excluding hydrogens is 332 g/mol. The number of rotatable bonds is 8. The largest absolute Gasteiger partial charge is 0.455 e. The van der Waals surface area contributed by atoms with E-state index in [1.165, 1.54) is 12.1 Å². The summed E-state index contributed by atoms with van der Waals surface area (Å²) in [6, 6.07) is 6.20. The third-order valence-electron chi connectivity index (χ3n) is 3.83. The molecule has 1 aromatic rings. The zero-order valence-electron chi connectivity index (χ0n) is 13.8. The molecule has 0 heterocycles. The number of alkyl halides is 2. The van der Waals surface area contributed by atoms with Gasteiger partial charge in [0.2, 0.25) is 0 Å². The van der Waals surface area contributed by atoms with Crippen LogP contribution in [0.1, 0.15) is 24.8 Å². The maximum atomic E-state index is 12.1. The molecule has 1 N–H and O–H groups in total. The van der Waals surface area contributed by atoms with Crippen molar-refractivity contribution in [3.8, 4) is 5.75 Å². The summed E-state index contributed by atoms with van der Waals surface area (Å²) < 4.78 is 33.4. The number of nitrogens with one attached hydrogen (secondary N) is 1. The van der Waals surface area contributed by atoms with E-state index in [0.29, 0.717) is 19.4 Å². The molecule has 7 heteroatoms. The van der Waals surface area contributed by atoms with Gasteiger partial charge < -0.3 is 14.8 Å². The van der Waals surface area contributed by atoms with Gasteiger partial charge in [0.15, 0.2) is 6.61 Å². The fourth-order valence-electron chi connectivity index (χ4n) is 2.50. The van der Waals surface area contributed by atoms with Crippen LogP contribution in [-0.4, -0.2) is 31.6 Å². The van der Waals surface area contributed by atoms with Crippen molar-refractivity contribution in [2.24, 2.45) is 5.92 Å². The Kier molecular flexibility index (Phi) is 7.37. The molecule has 0 bridgehead atoms. The highest BCUT2D eigenvalue weighted by Crippen LogP contribution is 2.19. The topological polar surface area (TPSA) is 64.6 Å². The highest BCUT2D eigenvalue weighted by molar-refractivity contribution is 5.81. The Hall–Kier alpha value is -2.44. The molecule has 0 aliphatic heterocycles. The minimum atomic E-state index is -2.85. The van der Waals surface area contributed by atoms with Crippen LogP contribution in [0.5, 0.6) is 5.75 Å². The van der Waals surface area contributed by atoms with Crippen molar-refractivity contribution >= 4 is 11.9 Å². The molecule has 1 aliphatic rings. The molecule has 25 heavy (non-hydrogen) atoms. The van der Waals surface area contributed by atoms with Crippen LogP contribution in [0.15, 0.2) is 36.4 Å². The second-order valence-electron chi connectivity index (χ2n) is 5.71. The van der Waals surface area contributed by atoms with Crippen LogP contribution >= 0.6 is 0 Å². The smallest absolute Gasteiger partial charge is 0.387 e. The first-order valence-corrected chi connectivity index (χ1v) is 8.16. The monoisotopic (exact) mass is 353 g/mol. The van der Waals surface area contributed by atoms with Crippen LogP contribution in [0.4, 0.5) is 8.78 Å². The summed E-state index contributed by atoms with van der Waals surface area (Å²) in [6.45, 7) is -2.78. The lowest BCUT2D eigenvalue weighted by Crippen LogP contribution is -2.31. The molecule has 0 aromatic heterocycles. The van der Waals surface area contributed by atoms with Gasteiger partial charge in [-0.1, -0.05) is 24.3 Å². The number of hydrogen-bond donors (Lipinski definition) is 1. The summed E-state index contributed by atoms with van der Waals surface area (Å²) >= 11 is 0. The highest BCUT2D eigenvalue weighted by atomic mass is 19.3. The lowest BCUT2D eigenvalue weighted by atomic mass is 9.95. The lowest BCUT2D eigenvalue weighted by Gasteiger charge is -2.16. The van der Waals surface area contributed by atoms with Gasteiger partial charge in [-0.25, -0.2) is 0 Å². The van der Waals surface area contributed by atoms with Crippen LogP contribution < -0.4 is 10.1 Å². The summed E-state index contributed by atoms with van der Waals surface area (Å²) in [4.78, 5) is 23.5. The van der Waals surface area contributed by atoms with Gasteiger partial charge >= 0.3 is 12.6 Å². The third-order valence-corrected chi connectivity index (χ3v) is 3.83. The zero-order chi connectivity index (χ0) is 18.1. The molecule has 0 unspecified atom stereocenters. The van der Waals surface area contributed by atoms with Crippen molar-refractivity contribution in [3.63, 3.8) is 0 Å². The molecule has 0 saturated heterocycles. The molecule has 0 radical (unpaired) electrons. The van der Waals surface area contributed by atoms with E-state index in [-0.39, 0.29) is 30.2 Å². The van der Waals surface area contributed by atoms with Gasteiger partial charge in [0.1, 0.15) is 5.75 Å². The van der Waals surface area contributed by atoms with E-state index in [1.807, 2.05) is 12.2 Å². The Morgan fingerprint density at radius 2 is 1.96 bits per heavy atom. The van der Waals surface area contributed by atoms with Crippen molar-refractivity contribution in [1.29, 1.82) is 0 Å². The number of esters is 1. The van der Waals surface area contributed by atoms with E-state index in [9.17, 15) is 18.4 Å². The molecule has 1 atom stereocenters. The molecular formula is C18H21F2NO4. The predicted octanol–water partition coefficient (Wildman–Crippen LogP) is 2.85. The number of benzene rings is 1. The van der Waals surface area contributed by atoms with Gasteiger partial charge in [0, 0.05) is 6.54 Å². The quantitative estimate of drug-likeness (QED) is 0.577. The minimum Gasteiger partial charge on any atom is -0.455 e. The Morgan fingerprint density at radius 1 is 1.20 bits per heavy atom. The molecule has 0 saturated carbocycles. The van der Waals surface area contributed by atoms with Gasteiger partial charge in [0.05, 0.1) is 5.92 Å². The Bertz CT molecular complexity index is 602. The minimum absolute atomic E-state index is 0.0901. The van der Waals surface area contributed by atoms with Crippen molar-refractivity contribution in [1.82, 2.24) is 5.32 Å². The van der Waals surface area contributed by atoms with Crippen molar-refractivity contribution in [2.45, 2.75) is 32.3 Å². The van der Waals surface area contributed by atoms with Gasteiger partial charge in [-0.05, 0) is 43.4 Å². The maximum Gasteiger partial charge on any atom is 0.387 e. The molecule has 1 aromatic carbocycles. The fourth-order valence-corrected chi connectivity index (χ4v) is 2.50. The molecule has 5 nitrogen and oxygen atoms in total. The summed E-state index contributed by atoms with van der Waals surface area (Å²) in [5, 5.41) is 2.65. The van der Waals surface area contributed by atoms with E-state index in [0.717, 1.165) is 18.4 Å². The molecule has 1 aliphatic carbocycles. The van der Waals surface area contributed by atoms with E-state index < -0.39 is 6.61 Å². The van der Waals surface area contributed by atoms with Crippen LogP contribution in [-0.2, 0) is 20.7 Å². The van der Waals surface area contributed by atoms with Gasteiger partial charge in [-0.2, -0.15) is 8.78 Å². The van der Waals surface area contributed by atoms with Crippen LogP contribution in [0, 0.1) is 5.92 Å². The van der Waals surface area contributed by atoms with Gasteiger partial charge in [-0.15, -0.1) is 0 Å². The molecule has 136 valence electrons. The first-order chi connectivity index (χ1) is 12.0. The predicted molar refractivity (Wildman–Crippen MR) is 87.2 cm³/mol. The first-order valence-electron chi connectivity index (χ1n) is 8.16. The first kappa shape index (κ1) is 18.9. The lowest BCUT2D eigenvalue weighted by molar-refractivity contribution is -0.152. The Morgan fingerprint density at radius 3 is 2.60 bits per heavy atom. The van der Waals surface area contributed by atoms with Crippen LogP contribution in [0.3, 0.4) is 0 Å². The number of halogens is 2. The summed E-state index contributed by atoms with van der Waals surface area (Å²) in [6.07, 6.45) is 6.78. The number of carbonyl (C=O) groups is 2. The highest BCUT2D eigenvalue weighted by Gasteiger charge is 2.20. The number of carbonyl (C=O) groups excluding carboxylic acids is 2. The maximum absolute atomic E-state index is 12.1. The summed E-state index contributed by atoms with van der Waals surface area (Å²) in [5.74, 6) is -0.773. The van der Waals surface area contributed by atoms with E-state index in [1.54, 1.807) is 12.1 Å². The second-order valence-corrected chi connectivity index (χ2v) is 5.71. The van der Waals surface area contributed by atoms with Crippen LogP contribution in [0.2, 0.25) is 0 Å². The van der Waals surface area contributed by atoms with Crippen molar-refractivity contribution < 1.29 is 27.8 Å². The Balaban J connectivity index is 1.63. The summed E-state index contributed by atoms with van der Waals surface area (Å²) in [7, 11) is 0. The van der Waals surface area contributed by atoms with Gasteiger partial charge in [0.25, 0.3) is 5.91 Å². The average molecular weight is 353 g/mol. The average Bonchev–Trinajstić information content (AvgIpc) is 2.61. The number of ether oxygens (including phenoxy) is 2. The van der Waals surface area contributed by atoms with E-state index >= 15 is 0 Å². The zero-order valence-corrected chi connectivity index (χ0v) is 13.8. The van der Waals surface area contributed by atoms with E-state index in [4.69, 9.17) is 4.74 Å². The molecule has 1 amide bonds. The van der Waals surface area contributed by atoms with Crippen LogP contribution in [0.25, 0.3) is 0 Å². The summed E-state index contributed by atoms with van der Waals surface area (Å²) in [5.41, 5.74) is 0.868. The third kappa shape index (κ3) is 6.91. The fraction of sp³-hybridized carbons (Fsp3) is 0.444. The molecule has 2 rings (SSSR count). The molecule has 0 spiro atoms. The standard InChI is InChI=1S/C18H21F2NO4/c19-18(20)25-15-8-6-13(7-9-15)10-11-21-16(22)12-24-17(23)14-4-2-1-3-5-14/h1-2,6-9,14,18H,3-5,10-12H2,(H,21,22)/t14-/m1/s1. The number of hydrogen-bond acceptors (Lipinski definition) is 4. The molecule has 0 fully saturated rings. The van der Waals surface area contributed by atoms with E-state index in [2.05, 4.69) is 10.1 Å². The normalized spacial score (nSPS) is 16.5. The Labute approximate surface area is 145 Å². The van der Waals surface area contributed by atoms with Crippen molar-refractivity contribution in [2.75, 3.05) is 13.2 Å². The number of amides is 1. The van der Waals surface area contributed by atoms with Gasteiger partial charge in [-0.3, -0.25) is 9.59 Å².